The van der Waals surface area contributed by atoms with E-state index in [-0.39, 0.29) is 12.6 Å². The molecular formula is C14H18N4O2. The molecule has 0 bridgehead atoms. The molecule has 0 spiro atoms. The third-order valence-corrected chi connectivity index (χ3v) is 3.40. The summed E-state index contributed by atoms with van der Waals surface area (Å²) in [7, 11) is 0. The molecule has 2 aromatic rings. The zero-order chi connectivity index (χ0) is 13.9. The van der Waals surface area contributed by atoms with Crippen LogP contribution in [0.4, 0.5) is 5.69 Å². The van der Waals surface area contributed by atoms with Gasteiger partial charge in [-0.2, -0.15) is 4.98 Å². The van der Waals surface area contributed by atoms with Gasteiger partial charge in [-0.15, -0.1) is 0 Å². The number of nitrogens with two attached hydrogens (primary N) is 1. The Morgan fingerprint density at radius 1 is 1.40 bits per heavy atom. The molecule has 1 atom stereocenters. The van der Waals surface area contributed by atoms with Crippen LogP contribution in [0.3, 0.4) is 0 Å². The second-order valence-electron chi connectivity index (χ2n) is 4.80. The summed E-state index contributed by atoms with van der Waals surface area (Å²) < 4.78 is 11.0. The van der Waals surface area contributed by atoms with Crippen LogP contribution in [0.1, 0.15) is 25.1 Å². The monoisotopic (exact) mass is 274 g/mol. The zero-order valence-electron chi connectivity index (χ0n) is 11.5. The standard InChI is InChI=1S/C14H18N4O2/c1-2-10-8-18(9-13-16-14(7-15)20-17-13)11-5-3-4-6-12(11)19-10/h3-6,10H,2,7-9,15H2,1H3. The lowest BCUT2D eigenvalue weighted by molar-refractivity contribution is 0.188. The Balaban J connectivity index is 1.84. The van der Waals surface area contributed by atoms with E-state index in [4.69, 9.17) is 15.0 Å². The van der Waals surface area contributed by atoms with E-state index in [0.29, 0.717) is 18.3 Å². The molecule has 0 aliphatic carbocycles. The van der Waals surface area contributed by atoms with Crippen molar-refractivity contribution in [2.45, 2.75) is 32.5 Å². The van der Waals surface area contributed by atoms with E-state index in [1.165, 1.54) is 0 Å². The van der Waals surface area contributed by atoms with E-state index in [0.717, 1.165) is 24.4 Å². The lowest BCUT2D eigenvalue weighted by Crippen LogP contribution is -2.39. The van der Waals surface area contributed by atoms with E-state index < -0.39 is 0 Å². The maximum absolute atomic E-state index is 5.95. The molecule has 106 valence electrons. The van der Waals surface area contributed by atoms with Gasteiger partial charge in [0, 0.05) is 0 Å². The fourth-order valence-electron chi connectivity index (χ4n) is 2.35. The summed E-state index contributed by atoms with van der Waals surface area (Å²) >= 11 is 0. The number of anilines is 1. The van der Waals surface area contributed by atoms with Crippen LogP contribution in [-0.4, -0.2) is 22.8 Å². The van der Waals surface area contributed by atoms with E-state index in [9.17, 15) is 0 Å². The molecule has 1 aliphatic heterocycles. The van der Waals surface area contributed by atoms with Crippen molar-refractivity contribution in [1.29, 1.82) is 0 Å². The van der Waals surface area contributed by atoms with Crippen LogP contribution in [-0.2, 0) is 13.1 Å². The molecule has 0 saturated carbocycles. The number of ether oxygens (including phenoxy) is 1. The van der Waals surface area contributed by atoms with Gasteiger partial charge in [-0.05, 0) is 18.6 Å². The number of para-hydroxylation sites is 2. The molecule has 1 aromatic carbocycles. The second kappa shape index (κ2) is 5.50. The molecule has 1 aliphatic rings. The first-order valence-electron chi connectivity index (χ1n) is 6.82. The Morgan fingerprint density at radius 2 is 2.25 bits per heavy atom. The number of benzene rings is 1. The highest BCUT2D eigenvalue weighted by Gasteiger charge is 2.25. The molecule has 0 amide bonds. The first-order chi connectivity index (χ1) is 9.80. The van der Waals surface area contributed by atoms with Crippen molar-refractivity contribution in [2.75, 3.05) is 11.4 Å². The highest BCUT2D eigenvalue weighted by molar-refractivity contribution is 5.60. The molecule has 0 saturated heterocycles. The summed E-state index contributed by atoms with van der Waals surface area (Å²) in [6, 6.07) is 8.02. The predicted octanol–water partition coefficient (Wildman–Crippen LogP) is 1.71. The van der Waals surface area contributed by atoms with Gasteiger partial charge in [0.25, 0.3) is 0 Å². The van der Waals surface area contributed by atoms with Gasteiger partial charge in [-0.3, -0.25) is 0 Å². The van der Waals surface area contributed by atoms with Crippen LogP contribution in [0, 0.1) is 0 Å². The number of aromatic nitrogens is 2. The van der Waals surface area contributed by atoms with E-state index in [1.807, 2.05) is 24.3 Å². The van der Waals surface area contributed by atoms with Crippen LogP contribution in [0.15, 0.2) is 28.8 Å². The van der Waals surface area contributed by atoms with Crippen molar-refractivity contribution in [3.05, 3.63) is 36.0 Å². The van der Waals surface area contributed by atoms with Gasteiger partial charge < -0.3 is 19.9 Å². The molecule has 0 radical (unpaired) electrons. The molecule has 1 unspecified atom stereocenters. The largest absolute Gasteiger partial charge is 0.486 e. The Kier molecular flexibility index (Phi) is 3.56. The summed E-state index contributed by atoms with van der Waals surface area (Å²) in [5.74, 6) is 2.03. The molecule has 2 N–H and O–H groups in total. The molecule has 20 heavy (non-hydrogen) atoms. The molecule has 6 heteroatoms. The highest BCUT2D eigenvalue weighted by atomic mass is 16.5. The topological polar surface area (TPSA) is 77.4 Å². The fraction of sp³-hybridized carbons (Fsp3) is 0.429. The van der Waals surface area contributed by atoms with Gasteiger partial charge in [-0.25, -0.2) is 0 Å². The fourth-order valence-corrected chi connectivity index (χ4v) is 2.35. The van der Waals surface area contributed by atoms with Gasteiger partial charge in [0.1, 0.15) is 11.9 Å². The summed E-state index contributed by atoms with van der Waals surface area (Å²) in [6.45, 7) is 3.81. The van der Waals surface area contributed by atoms with Gasteiger partial charge >= 0.3 is 0 Å². The van der Waals surface area contributed by atoms with Crippen molar-refractivity contribution in [3.63, 3.8) is 0 Å². The Bertz CT molecular complexity index is 584. The van der Waals surface area contributed by atoms with Crippen molar-refractivity contribution in [2.24, 2.45) is 5.73 Å². The minimum Gasteiger partial charge on any atom is -0.486 e. The van der Waals surface area contributed by atoms with Crippen molar-refractivity contribution in [3.8, 4) is 5.75 Å². The summed E-state index contributed by atoms with van der Waals surface area (Å²) in [5.41, 5.74) is 6.55. The van der Waals surface area contributed by atoms with Crippen LogP contribution < -0.4 is 15.4 Å². The summed E-state index contributed by atoms with van der Waals surface area (Å²) in [4.78, 5) is 6.48. The lowest BCUT2D eigenvalue weighted by Gasteiger charge is -2.35. The van der Waals surface area contributed by atoms with E-state index in [2.05, 4.69) is 22.0 Å². The first-order valence-corrected chi connectivity index (χ1v) is 6.82. The van der Waals surface area contributed by atoms with Gasteiger partial charge in [-0.1, -0.05) is 24.2 Å². The predicted molar refractivity (Wildman–Crippen MR) is 74.4 cm³/mol. The Labute approximate surface area is 117 Å². The number of hydrogen-bond donors (Lipinski definition) is 1. The van der Waals surface area contributed by atoms with E-state index in [1.54, 1.807) is 0 Å². The van der Waals surface area contributed by atoms with Crippen LogP contribution in [0.25, 0.3) is 0 Å². The number of nitrogens with zero attached hydrogens (tertiary/aromatic N) is 3. The lowest BCUT2D eigenvalue weighted by atomic mass is 10.1. The van der Waals surface area contributed by atoms with Crippen molar-refractivity contribution >= 4 is 5.69 Å². The smallest absolute Gasteiger partial charge is 0.240 e. The second-order valence-corrected chi connectivity index (χ2v) is 4.80. The third-order valence-electron chi connectivity index (χ3n) is 3.40. The third kappa shape index (κ3) is 2.46. The maximum atomic E-state index is 5.95. The van der Waals surface area contributed by atoms with E-state index >= 15 is 0 Å². The minimum absolute atomic E-state index is 0.186. The average Bonchev–Trinajstić information content (AvgIpc) is 2.94. The van der Waals surface area contributed by atoms with Crippen molar-refractivity contribution in [1.82, 2.24) is 10.1 Å². The number of hydrogen-bond acceptors (Lipinski definition) is 6. The average molecular weight is 274 g/mol. The van der Waals surface area contributed by atoms with Crippen LogP contribution >= 0.6 is 0 Å². The molecular weight excluding hydrogens is 256 g/mol. The molecule has 6 nitrogen and oxygen atoms in total. The summed E-state index contributed by atoms with van der Waals surface area (Å²) in [6.07, 6.45) is 1.15. The van der Waals surface area contributed by atoms with Crippen molar-refractivity contribution < 1.29 is 9.26 Å². The Morgan fingerprint density at radius 3 is 3.00 bits per heavy atom. The van der Waals surface area contributed by atoms with Gasteiger partial charge in [0.15, 0.2) is 5.82 Å². The quantitative estimate of drug-likeness (QED) is 0.914. The zero-order valence-corrected chi connectivity index (χ0v) is 11.5. The van der Waals surface area contributed by atoms with Gasteiger partial charge in [0.05, 0.1) is 25.3 Å². The molecule has 1 aromatic heterocycles. The van der Waals surface area contributed by atoms with Crippen LogP contribution in [0.5, 0.6) is 5.75 Å². The number of rotatable bonds is 4. The SMILES string of the molecule is CCC1CN(Cc2noc(CN)n2)c2ccccc2O1. The normalized spacial score (nSPS) is 17.7. The highest BCUT2D eigenvalue weighted by Crippen LogP contribution is 2.34. The molecule has 2 heterocycles. The number of fused-ring (bicyclic) bond motifs is 1. The molecule has 0 fully saturated rings. The Hall–Kier alpha value is -2.08. The maximum Gasteiger partial charge on any atom is 0.240 e. The molecule has 3 rings (SSSR count). The van der Waals surface area contributed by atoms with Crippen LogP contribution in [0.2, 0.25) is 0 Å². The first kappa shape index (κ1) is 12.9. The summed E-state index contributed by atoms with van der Waals surface area (Å²) in [5, 5.41) is 3.96. The van der Waals surface area contributed by atoms with Gasteiger partial charge in [0.2, 0.25) is 5.89 Å². The minimum atomic E-state index is 0.186.